The van der Waals surface area contributed by atoms with E-state index in [1.54, 1.807) is 12.1 Å². The summed E-state index contributed by atoms with van der Waals surface area (Å²) in [6.45, 7) is 1.42. The normalized spacial score (nSPS) is 11.7. The second-order valence-corrected chi connectivity index (χ2v) is 7.33. The van der Waals surface area contributed by atoms with Crippen LogP contribution in [0.4, 0.5) is 5.69 Å². The Bertz CT molecular complexity index is 984. The summed E-state index contributed by atoms with van der Waals surface area (Å²) in [5, 5.41) is 3.21. The van der Waals surface area contributed by atoms with Crippen LogP contribution in [0.1, 0.15) is 12.5 Å². The summed E-state index contributed by atoms with van der Waals surface area (Å²) in [6, 6.07) is 6.13. The third kappa shape index (κ3) is 6.43. The molecule has 0 aliphatic heterocycles. The Hall–Kier alpha value is -2.61. The van der Waals surface area contributed by atoms with Crippen LogP contribution in [-0.4, -0.2) is 39.3 Å². The van der Waals surface area contributed by atoms with Crippen LogP contribution in [0, 0.1) is 0 Å². The fraction of sp³-hybridized carbons (Fsp3) is 0.238. The van der Waals surface area contributed by atoms with Crippen LogP contribution in [0.15, 0.2) is 30.3 Å². The van der Waals surface area contributed by atoms with Gasteiger partial charge in [0, 0.05) is 6.08 Å². The maximum absolute atomic E-state index is 12.3. The van der Waals surface area contributed by atoms with E-state index in [2.05, 4.69) is 5.32 Å². The number of carbonyl (C=O) groups is 2. The highest BCUT2D eigenvalue weighted by molar-refractivity contribution is 6.44. The van der Waals surface area contributed by atoms with Crippen LogP contribution in [0.3, 0.4) is 0 Å². The van der Waals surface area contributed by atoms with Gasteiger partial charge in [-0.25, -0.2) is 4.79 Å². The summed E-state index contributed by atoms with van der Waals surface area (Å²) in [4.78, 5) is 24.5. The molecule has 2 aromatic rings. The number of carbonyl (C=O) groups excluding carboxylic acids is 2. The standard InChI is InChI=1S/C21H20Cl3NO6/c1-11(21(27)25-16-10-14(23)13(22)9-15(16)24)31-19(26)6-5-12-7-17(28-2)20(30-4)18(8-12)29-3/h5-11H,1-4H3,(H,25,27). The number of halogens is 3. The molecule has 0 spiro atoms. The molecule has 166 valence electrons. The van der Waals surface area contributed by atoms with Crippen molar-refractivity contribution < 1.29 is 28.5 Å². The number of benzene rings is 2. The van der Waals surface area contributed by atoms with Crippen molar-refractivity contribution in [2.24, 2.45) is 0 Å². The van der Waals surface area contributed by atoms with Crippen LogP contribution in [0.5, 0.6) is 17.2 Å². The number of nitrogens with one attached hydrogen (secondary N) is 1. The van der Waals surface area contributed by atoms with Crippen molar-refractivity contribution >= 4 is 58.4 Å². The van der Waals surface area contributed by atoms with E-state index in [1.165, 1.54) is 52.5 Å². The Balaban J connectivity index is 2.06. The average molecular weight is 489 g/mol. The lowest BCUT2D eigenvalue weighted by molar-refractivity contribution is -0.148. The van der Waals surface area contributed by atoms with Gasteiger partial charge in [-0.3, -0.25) is 4.79 Å². The molecule has 0 radical (unpaired) electrons. The highest BCUT2D eigenvalue weighted by Crippen LogP contribution is 2.38. The van der Waals surface area contributed by atoms with Gasteiger partial charge < -0.3 is 24.3 Å². The Morgan fingerprint density at radius 3 is 2.03 bits per heavy atom. The number of ether oxygens (including phenoxy) is 4. The van der Waals surface area contributed by atoms with Gasteiger partial charge in [0.15, 0.2) is 17.6 Å². The first-order chi connectivity index (χ1) is 14.7. The highest BCUT2D eigenvalue weighted by atomic mass is 35.5. The molecule has 1 unspecified atom stereocenters. The monoisotopic (exact) mass is 487 g/mol. The number of amides is 1. The molecule has 1 amide bonds. The van der Waals surface area contributed by atoms with E-state index in [0.717, 1.165) is 0 Å². The predicted octanol–water partition coefficient (Wildman–Crippen LogP) is 5.26. The van der Waals surface area contributed by atoms with E-state index in [1.807, 2.05) is 0 Å². The van der Waals surface area contributed by atoms with Gasteiger partial charge in [-0.15, -0.1) is 0 Å². The molecule has 0 saturated heterocycles. The summed E-state index contributed by atoms with van der Waals surface area (Å²) in [5.41, 5.74) is 0.850. The van der Waals surface area contributed by atoms with Gasteiger partial charge in [-0.05, 0) is 42.8 Å². The summed E-state index contributed by atoms with van der Waals surface area (Å²) in [5.74, 6) is -0.0234. The van der Waals surface area contributed by atoms with Crippen molar-refractivity contribution in [2.45, 2.75) is 13.0 Å². The Morgan fingerprint density at radius 1 is 0.903 bits per heavy atom. The van der Waals surface area contributed by atoms with Crippen molar-refractivity contribution in [3.05, 3.63) is 51.0 Å². The van der Waals surface area contributed by atoms with Gasteiger partial charge in [0.1, 0.15) is 0 Å². The molecular weight excluding hydrogens is 469 g/mol. The number of esters is 1. The van der Waals surface area contributed by atoms with Crippen molar-refractivity contribution in [1.82, 2.24) is 0 Å². The van der Waals surface area contributed by atoms with Crippen LogP contribution in [0.25, 0.3) is 6.08 Å². The zero-order valence-corrected chi connectivity index (χ0v) is 19.4. The van der Waals surface area contributed by atoms with Crippen LogP contribution in [-0.2, 0) is 14.3 Å². The Kier molecular flexibility index (Phi) is 8.86. The first kappa shape index (κ1) is 24.7. The van der Waals surface area contributed by atoms with E-state index in [0.29, 0.717) is 22.8 Å². The number of rotatable bonds is 8. The third-order valence-corrected chi connectivity index (χ3v) is 5.06. The summed E-state index contributed by atoms with van der Waals surface area (Å²) in [7, 11) is 4.46. The second kappa shape index (κ2) is 11.1. The van der Waals surface area contributed by atoms with E-state index in [9.17, 15) is 9.59 Å². The minimum Gasteiger partial charge on any atom is -0.493 e. The van der Waals surface area contributed by atoms with E-state index >= 15 is 0 Å². The zero-order chi connectivity index (χ0) is 23.1. The summed E-state index contributed by atoms with van der Waals surface area (Å²) in [6.07, 6.45) is 1.58. The van der Waals surface area contributed by atoms with Gasteiger partial charge in [0.2, 0.25) is 5.75 Å². The molecule has 31 heavy (non-hydrogen) atoms. The van der Waals surface area contributed by atoms with Gasteiger partial charge in [0.05, 0.1) is 42.1 Å². The Labute approximate surface area is 194 Å². The lowest BCUT2D eigenvalue weighted by Gasteiger charge is -2.14. The highest BCUT2D eigenvalue weighted by Gasteiger charge is 2.19. The molecule has 2 rings (SSSR count). The maximum atomic E-state index is 12.3. The third-order valence-electron chi connectivity index (χ3n) is 4.03. The molecule has 0 aliphatic carbocycles. The van der Waals surface area contributed by atoms with Gasteiger partial charge in [-0.2, -0.15) is 0 Å². The maximum Gasteiger partial charge on any atom is 0.331 e. The zero-order valence-electron chi connectivity index (χ0n) is 17.1. The lowest BCUT2D eigenvalue weighted by Crippen LogP contribution is -2.29. The second-order valence-electron chi connectivity index (χ2n) is 6.11. The topological polar surface area (TPSA) is 83.1 Å². The quantitative estimate of drug-likeness (QED) is 0.310. The predicted molar refractivity (Wildman–Crippen MR) is 121 cm³/mol. The molecule has 0 bridgehead atoms. The summed E-state index contributed by atoms with van der Waals surface area (Å²) < 4.78 is 20.9. The van der Waals surface area contributed by atoms with Crippen molar-refractivity contribution in [3.8, 4) is 17.2 Å². The first-order valence-electron chi connectivity index (χ1n) is 8.84. The minimum atomic E-state index is -1.09. The van der Waals surface area contributed by atoms with Gasteiger partial charge >= 0.3 is 5.97 Å². The average Bonchev–Trinajstić information content (AvgIpc) is 2.74. The smallest absolute Gasteiger partial charge is 0.331 e. The molecule has 2 aromatic carbocycles. The molecule has 0 heterocycles. The number of anilines is 1. The minimum absolute atomic E-state index is 0.198. The fourth-order valence-corrected chi connectivity index (χ4v) is 3.08. The SMILES string of the molecule is COc1cc(C=CC(=O)OC(C)C(=O)Nc2cc(Cl)c(Cl)cc2Cl)cc(OC)c1OC. The van der Waals surface area contributed by atoms with Gasteiger partial charge in [-0.1, -0.05) is 34.8 Å². The molecule has 0 aliphatic rings. The fourth-order valence-electron chi connectivity index (χ4n) is 2.48. The van der Waals surface area contributed by atoms with E-state index in [-0.39, 0.29) is 20.8 Å². The molecule has 7 nitrogen and oxygen atoms in total. The molecular formula is C21H20Cl3NO6. The molecule has 0 saturated carbocycles. The van der Waals surface area contributed by atoms with Crippen LogP contribution in [0.2, 0.25) is 15.1 Å². The van der Waals surface area contributed by atoms with E-state index < -0.39 is 18.0 Å². The molecule has 0 aromatic heterocycles. The summed E-state index contributed by atoms with van der Waals surface area (Å²) >= 11 is 17.8. The molecule has 10 heteroatoms. The molecule has 1 N–H and O–H groups in total. The van der Waals surface area contributed by atoms with Crippen LogP contribution >= 0.6 is 34.8 Å². The molecule has 0 fully saturated rings. The first-order valence-corrected chi connectivity index (χ1v) is 9.97. The number of hydrogen-bond acceptors (Lipinski definition) is 6. The molecule has 1 atom stereocenters. The van der Waals surface area contributed by atoms with Crippen molar-refractivity contribution in [2.75, 3.05) is 26.6 Å². The van der Waals surface area contributed by atoms with Crippen molar-refractivity contribution in [3.63, 3.8) is 0 Å². The van der Waals surface area contributed by atoms with Crippen molar-refractivity contribution in [1.29, 1.82) is 0 Å². The number of methoxy groups -OCH3 is 3. The Morgan fingerprint density at radius 2 is 1.48 bits per heavy atom. The lowest BCUT2D eigenvalue weighted by atomic mass is 10.1. The largest absolute Gasteiger partial charge is 0.493 e. The van der Waals surface area contributed by atoms with E-state index in [4.69, 9.17) is 53.8 Å². The van der Waals surface area contributed by atoms with Gasteiger partial charge in [0.25, 0.3) is 5.91 Å². The van der Waals surface area contributed by atoms with Crippen LogP contribution < -0.4 is 19.5 Å². The number of hydrogen-bond donors (Lipinski definition) is 1.